The maximum absolute atomic E-state index is 10.2. The van der Waals surface area contributed by atoms with Crippen LogP contribution in [0.3, 0.4) is 0 Å². The summed E-state index contributed by atoms with van der Waals surface area (Å²) < 4.78 is 0. The monoisotopic (exact) mass is 143 g/mol. The molecule has 1 N–H and O–H groups in total. The molecular formula is C7H13NO2. The van der Waals surface area contributed by atoms with Gasteiger partial charge in [0.05, 0.1) is 6.42 Å². The molecule has 0 rings (SSSR count). The Kier molecular flexibility index (Phi) is 3.72. The summed E-state index contributed by atoms with van der Waals surface area (Å²) in [7, 11) is 3.66. The molecule has 0 aliphatic carbocycles. The number of carboxylic acids is 1. The standard InChI is InChI=1S/C7H13NO2/c1-4-6(8(2)3)5-7(9)10/h4,6H,1,5H2,2-3H3,(H,9,10). The Bertz CT molecular complexity index is 132. The number of carbonyl (C=O) groups is 1. The first-order chi connectivity index (χ1) is 4.57. The summed E-state index contributed by atoms with van der Waals surface area (Å²) >= 11 is 0. The lowest BCUT2D eigenvalue weighted by molar-refractivity contribution is -0.137. The van der Waals surface area contributed by atoms with Gasteiger partial charge in [-0.3, -0.25) is 4.79 Å². The number of aliphatic carboxylic acids is 1. The largest absolute Gasteiger partial charge is 0.481 e. The van der Waals surface area contributed by atoms with E-state index in [4.69, 9.17) is 5.11 Å². The van der Waals surface area contributed by atoms with Crippen molar-refractivity contribution in [1.29, 1.82) is 0 Å². The molecule has 0 saturated carbocycles. The van der Waals surface area contributed by atoms with Crippen LogP contribution in [0.1, 0.15) is 6.42 Å². The Balaban J connectivity index is 3.83. The van der Waals surface area contributed by atoms with Crippen LogP contribution in [0, 0.1) is 0 Å². The minimum atomic E-state index is -0.793. The third-order valence-electron chi connectivity index (χ3n) is 1.32. The number of likely N-dealkylation sites (N-methyl/N-ethyl adjacent to an activating group) is 1. The number of hydrogen-bond acceptors (Lipinski definition) is 2. The number of rotatable bonds is 4. The summed E-state index contributed by atoms with van der Waals surface area (Å²) in [5.41, 5.74) is 0. The molecule has 0 aliphatic rings. The van der Waals surface area contributed by atoms with Gasteiger partial charge in [-0.25, -0.2) is 0 Å². The van der Waals surface area contributed by atoms with Crippen LogP contribution >= 0.6 is 0 Å². The summed E-state index contributed by atoms with van der Waals surface area (Å²) in [6, 6.07) is -0.0579. The maximum Gasteiger partial charge on any atom is 0.305 e. The van der Waals surface area contributed by atoms with Gasteiger partial charge in [0.25, 0.3) is 0 Å². The van der Waals surface area contributed by atoms with Gasteiger partial charge in [0.1, 0.15) is 0 Å². The first-order valence-electron chi connectivity index (χ1n) is 3.08. The summed E-state index contributed by atoms with van der Waals surface area (Å²) in [4.78, 5) is 12.0. The van der Waals surface area contributed by atoms with Crippen molar-refractivity contribution in [2.24, 2.45) is 0 Å². The lowest BCUT2D eigenvalue weighted by Gasteiger charge is -2.17. The van der Waals surface area contributed by atoms with E-state index in [0.29, 0.717) is 0 Å². The van der Waals surface area contributed by atoms with Crippen molar-refractivity contribution in [2.45, 2.75) is 12.5 Å². The van der Waals surface area contributed by atoms with Crippen LogP contribution < -0.4 is 0 Å². The molecule has 0 aliphatic heterocycles. The lowest BCUT2D eigenvalue weighted by Crippen LogP contribution is -2.28. The van der Waals surface area contributed by atoms with Crippen LogP contribution in [0.15, 0.2) is 12.7 Å². The average molecular weight is 143 g/mol. The molecule has 3 nitrogen and oxygen atoms in total. The van der Waals surface area contributed by atoms with Gasteiger partial charge in [-0.1, -0.05) is 6.08 Å². The smallest absolute Gasteiger partial charge is 0.305 e. The molecule has 0 radical (unpaired) electrons. The fourth-order valence-corrected chi connectivity index (χ4v) is 0.656. The van der Waals surface area contributed by atoms with E-state index in [-0.39, 0.29) is 12.5 Å². The van der Waals surface area contributed by atoms with Gasteiger partial charge in [0, 0.05) is 6.04 Å². The van der Waals surface area contributed by atoms with Crippen molar-refractivity contribution in [3.8, 4) is 0 Å². The van der Waals surface area contributed by atoms with Gasteiger partial charge in [-0.2, -0.15) is 0 Å². The molecule has 58 valence electrons. The molecule has 0 heterocycles. The van der Waals surface area contributed by atoms with Crippen LogP contribution in [0.5, 0.6) is 0 Å². The van der Waals surface area contributed by atoms with Gasteiger partial charge in [0.15, 0.2) is 0 Å². The van der Waals surface area contributed by atoms with E-state index in [1.165, 1.54) is 0 Å². The number of hydrogen-bond donors (Lipinski definition) is 1. The van der Waals surface area contributed by atoms with Crippen LogP contribution in [0.2, 0.25) is 0 Å². The van der Waals surface area contributed by atoms with Crippen molar-refractivity contribution < 1.29 is 9.90 Å². The summed E-state index contributed by atoms with van der Waals surface area (Å²) in [5, 5.41) is 8.39. The average Bonchev–Trinajstić information content (AvgIpc) is 1.81. The van der Waals surface area contributed by atoms with Crippen LogP contribution in [-0.4, -0.2) is 36.1 Å². The quantitative estimate of drug-likeness (QED) is 0.585. The third kappa shape index (κ3) is 3.25. The van der Waals surface area contributed by atoms with Crippen molar-refractivity contribution in [3.63, 3.8) is 0 Å². The van der Waals surface area contributed by atoms with Gasteiger partial charge < -0.3 is 10.0 Å². The van der Waals surface area contributed by atoms with E-state index < -0.39 is 5.97 Å². The summed E-state index contributed by atoms with van der Waals surface area (Å²) in [6.45, 7) is 3.53. The molecule has 10 heavy (non-hydrogen) atoms. The predicted molar refractivity (Wildman–Crippen MR) is 39.9 cm³/mol. The van der Waals surface area contributed by atoms with Crippen LogP contribution in [0.4, 0.5) is 0 Å². The molecule has 0 fully saturated rings. The minimum absolute atomic E-state index is 0.0579. The van der Waals surface area contributed by atoms with E-state index in [0.717, 1.165) is 0 Å². The zero-order chi connectivity index (χ0) is 8.15. The Morgan fingerprint density at radius 1 is 1.80 bits per heavy atom. The van der Waals surface area contributed by atoms with E-state index in [2.05, 4.69) is 6.58 Å². The molecule has 0 spiro atoms. The molecule has 0 aromatic rings. The zero-order valence-electron chi connectivity index (χ0n) is 6.37. The van der Waals surface area contributed by atoms with Gasteiger partial charge in [0.2, 0.25) is 0 Å². The fraction of sp³-hybridized carbons (Fsp3) is 0.571. The second kappa shape index (κ2) is 4.06. The minimum Gasteiger partial charge on any atom is -0.481 e. The summed E-state index contributed by atoms with van der Waals surface area (Å²) in [6.07, 6.45) is 1.75. The SMILES string of the molecule is C=CC(CC(=O)O)N(C)C. The van der Waals surface area contributed by atoms with Crippen molar-refractivity contribution in [1.82, 2.24) is 4.90 Å². The van der Waals surface area contributed by atoms with Crippen LogP contribution in [-0.2, 0) is 4.79 Å². The van der Waals surface area contributed by atoms with Gasteiger partial charge in [-0.05, 0) is 14.1 Å². The molecule has 0 aromatic heterocycles. The molecule has 0 bridgehead atoms. The second-order valence-electron chi connectivity index (χ2n) is 2.36. The highest BCUT2D eigenvalue weighted by Gasteiger charge is 2.10. The molecule has 1 atom stereocenters. The van der Waals surface area contributed by atoms with Crippen molar-refractivity contribution in [3.05, 3.63) is 12.7 Å². The van der Waals surface area contributed by atoms with Crippen LogP contribution in [0.25, 0.3) is 0 Å². The normalized spacial score (nSPS) is 13.1. The highest BCUT2D eigenvalue weighted by atomic mass is 16.4. The second-order valence-corrected chi connectivity index (χ2v) is 2.36. The fourth-order valence-electron chi connectivity index (χ4n) is 0.656. The Morgan fingerprint density at radius 2 is 2.30 bits per heavy atom. The van der Waals surface area contributed by atoms with E-state index in [1.54, 1.807) is 6.08 Å². The maximum atomic E-state index is 10.2. The Labute approximate surface area is 61.0 Å². The lowest BCUT2D eigenvalue weighted by atomic mass is 10.2. The Hall–Kier alpha value is -0.830. The molecule has 0 saturated heterocycles. The predicted octanol–water partition coefficient (Wildman–Crippen LogP) is 0.577. The Morgan fingerprint density at radius 3 is 2.40 bits per heavy atom. The highest BCUT2D eigenvalue weighted by Crippen LogP contribution is 1.99. The van der Waals surface area contributed by atoms with Crippen molar-refractivity contribution in [2.75, 3.05) is 14.1 Å². The number of carboxylic acid groups (broad SMARTS) is 1. The summed E-state index contributed by atoms with van der Waals surface area (Å²) in [5.74, 6) is -0.793. The number of nitrogens with zero attached hydrogens (tertiary/aromatic N) is 1. The van der Waals surface area contributed by atoms with Crippen molar-refractivity contribution >= 4 is 5.97 Å². The first-order valence-corrected chi connectivity index (χ1v) is 3.08. The third-order valence-corrected chi connectivity index (χ3v) is 1.32. The van der Waals surface area contributed by atoms with E-state index >= 15 is 0 Å². The van der Waals surface area contributed by atoms with Gasteiger partial charge in [-0.15, -0.1) is 6.58 Å². The first kappa shape index (κ1) is 9.17. The molecular weight excluding hydrogens is 130 g/mol. The topological polar surface area (TPSA) is 40.5 Å². The molecule has 1 unspecified atom stereocenters. The van der Waals surface area contributed by atoms with Gasteiger partial charge >= 0.3 is 5.97 Å². The zero-order valence-corrected chi connectivity index (χ0v) is 6.37. The molecule has 3 heteroatoms. The molecule has 0 aromatic carbocycles. The van der Waals surface area contributed by atoms with E-state index in [1.807, 2.05) is 19.0 Å². The highest BCUT2D eigenvalue weighted by molar-refractivity contribution is 5.67. The van der Waals surface area contributed by atoms with E-state index in [9.17, 15) is 4.79 Å². The molecule has 0 amide bonds.